The van der Waals surface area contributed by atoms with Gasteiger partial charge in [0.25, 0.3) is 0 Å². The molecule has 0 radical (unpaired) electrons. The van der Waals surface area contributed by atoms with Gasteiger partial charge >= 0.3 is 0 Å². The Labute approximate surface area is 183 Å². The maximum atomic E-state index is 2.44. The zero-order valence-electron chi connectivity index (χ0n) is 17.4. The summed E-state index contributed by atoms with van der Waals surface area (Å²) in [4.78, 5) is 0. The van der Waals surface area contributed by atoms with Crippen LogP contribution in [-0.2, 0) is 12.8 Å². The average molecular weight is 480 g/mol. The molecule has 1 heteroatoms. The molecular formula is C27H29I. The van der Waals surface area contributed by atoms with Crippen LogP contribution in [0.2, 0.25) is 0 Å². The Morgan fingerprint density at radius 3 is 2.07 bits per heavy atom. The molecule has 3 aromatic rings. The summed E-state index contributed by atoms with van der Waals surface area (Å²) in [6.07, 6.45) is 2.09. The second-order valence-electron chi connectivity index (χ2n) is 7.67. The van der Waals surface area contributed by atoms with E-state index in [1.54, 1.807) is 0 Å². The molecule has 0 heterocycles. The monoisotopic (exact) mass is 480 g/mol. The molecule has 0 nitrogen and oxygen atoms in total. The SMILES string of the molecule is C/C(=C(/Cc1ccc(CCI)cc1)c1ccc(C)cc1C)c1ccccc1C. The van der Waals surface area contributed by atoms with Crippen LogP contribution in [-0.4, -0.2) is 4.43 Å². The van der Waals surface area contributed by atoms with E-state index >= 15 is 0 Å². The highest BCUT2D eigenvalue weighted by Gasteiger charge is 2.13. The second kappa shape index (κ2) is 9.56. The Hall–Kier alpha value is -1.87. The third-order valence-corrected chi connectivity index (χ3v) is 6.04. The maximum Gasteiger partial charge on any atom is 0.00358 e. The van der Waals surface area contributed by atoms with Gasteiger partial charge in [0.1, 0.15) is 0 Å². The summed E-state index contributed by atoms with van der Waals surface area (Å²) in [5, 5.41) is 0. The molecule has 0 amide bonds. The van der Waals surface area contributed by atoms with E-state index in [2.05, 4.69) is 117 Å². The van der Waals surface area contributed by atoms with Gasteiger partial charge in [0, 0.05) is 4.43 Å². The zero-order valence-corrected chi connectivity index (χ0v) is 19.5. The van der Waals surface area contributed by atoms with Crippen LogP contribution < -0.4 is 0 Å². The van der Waals surface area contributed by atoms with Gasteiger partial charge < -0.3 is 0 Å². The van der Waals surface area contributed by atoms with Crippen molar-refractivity contribution in [1.82, 2.24) is 0 Å². The number of hydrogen-bond acceptors (Lipinski definition) is 0. The molecule has 0 spiro atoms. The topological polar surface area (TPSA) is 0 Å². The normalized spacial score (nSPS) is 12.0. The molecular weight excluding hydrogens is 451 g/mol. The van der Waals surface area contributed by atoms with Gasteiger partial charge in [-0.3, -0.25) is 0 Å². The Kier molecular flexibility index (Phi) is 7.12. The predicted octanol–water partition coefficient (Wildman–Crippen LogP) is 7.76. The van der Waals surface area contributed by atoms with Crippen LogP contribution in [0.4, 0.5) is 0 Å². The van der Waals surface area contributed by atoms with Crippen molar-refractivity contribution in [3.05, 3.63) is 106 Å². The van der Waals surface area contributed by atoms with Gasteiger partial charge in [-0.1, -0.05) is 94.9 Å². The minimum absolute atomic E-state index is 0.953. The fourth-order valence-electron chi connectivity index (χ4n) is 3.88. The van der Waals surface area contributed by atoms with E-state index in [0.29, 0.717) is 0 Å². The molecule has 0 saturated heterocycles. The minimum atomic E-state index is 0.953. The van der Waals surface area contributed by atoms with Crippen LogP contribution in [0.25, 0.3) is 11.1 Å². The molecule has 0 fully saturated rings. The molecule has 144 valence electrons. The third kappa shape index (κ3) is 4.94. The van der Waals surface area contributed by atoms with Gasteiger partial charge in [0.05, 0.1) is 0 Å². The standard InChI is InChI=1S/C27H29I/c1-19-9-14-26(21(3)17-19)27(22(4)25-8-6-5-7-20(25)2)18-24-12-10-23(11-13-24)15-16-28/h5-14,17H,15-16,18H2,1-4H3/b27-22+. The lowest BCUT2D eigenvalue weighted by molar-refractivity contribution is 1.16. The third-order valence-electron chi connectivity index (χ3n) is 5.50. The molecule has 0 unspecified atom stereocenters. The van der Waals surface area contributed by atoms with Crippen molar-refractivity contribution in [3.63, 3.8) is 0 Å². The molecule has 0 saturated carbocycles. The predicted molar refractivity (Wildman–Crippen MR) is 132 cm³/mol. The smallest absolute Gasteiger partial charge is 0.00358 e. The molecule has 3 aromatic carbocycles. The molecule has 28 heavy (non-hydrogen) atoms. The van der Waals surface area contributed by atoms with E-state index in [1.165, 1.54) is 50.1 Å². The van der Waals surface area contributed by atoms with Crippen molar-refractivity contribution < 1.29 is 0 Å². The van der Waals surface area contributed by atoms with Gasteiger partial charge in [-0.2, -0.15) is 0 Å². The molecule has 0 aliphatic carbocycles. The summed E-state index contributed by atoms with van der Waals surface area (Å²) in [5.74, 6) is 0. The van der Waals surface area contributed by atoms with E-state index in [-0.39, 0.29) is 0 Å². The lowest BCUT2D eigenvalue weighted by atomic mass is 9.87. The van der Waals surface area contributed by atoms with Gasteiger partial charge in [-0.05, 0) is 85.1 Å². The van der Waals surface area contributed by atoms with Gasteiger partial charge in [0.15, 0.2) is 0 Å². The lowest BCUT2D eigenvalue weighted by Gasteiger charge is -2.18. The van der Waals surface area contributed by atoms with Gasteiger partial charge in [0.2, 0.25) is 0 Å². The number of hydrogen-bond donors (Lipinski definition) is 0. The maximum absolute atomic E-state index is 2.44. The minimum Gasteiger partial charge on any atom is -0.0860 e. The quantitative estimate of drug-likeness (QED) is 0.192. The van der Waals surface area contributed by atoms with Crippen LogP contribution in [0.1, 0.15) is 45.9 Å². The van der Waals surface area contributed by atoms with Crippen molar-refractivity contribution in [3.8, 4) is 0 Å². The highest BCUT2D eigenvalue weighted by atomic mass is 127. The Morgan fingerprint density at radius 1 is 0.750 bits per heavy atom. The van der Waals surface area contributed by atoms with Crippen LogP contribution >= 0.6 is 22.6 Å². The van der Waals surface area contributed by atoms with Gasteiger partial charge in [-0.25, -0.2) is 0 Å². The first-order valence-electron chi connectivity index (χ1n) is 9.96. The summed E-state index contributed by atoms with van der Waals surface area (Å²) >= 11 is 2.44. The summed E-state index contributed by atoms with van der Waals surface area (Å²) in [6.45, 7) is 8.88. The van der Waals surface area contributed by atoms with Crippen molar-refractivity contribution in [2.24, 2.45) is 0 Å². The summed E-state index contributed by atoms with van der Waals surface area (Å²) < 4.78 is 1.16. The number of rotatable bonds is 6. The van der Waals surface area contributed by atoms with Gasteiger partial charge in [-0.15, -0.1) is 0 Å². The molecule has 0 bridgehead atoms. The molecule has 0 aliphatic heterocycles. The first kappa shape index (κ1) is 20.9. The fourth-order valence-corrected chi connectivity index (χ4v) is 4.50. The zero-order chi connectivity index (χ0) is 20.1. The fraction of sp³-hybridized carbons (Fsp3) is 0.259. The number of alkyl halides is 1. The Balaban J connectivity index is 2.09. The highest BCUT2D eigenvalue weighted by Crippen LogP contribution is 2.33. The number of aryl methyl sites for hydroxylation is 4. The van der Waals surface area contributed by atoms with Crippen LogP contribution in [0.15, 0.2) is 66.7 Å². The van der Waals surface area contributed by atoms with Crippen LogP contribution in [0, 0.1) is 20.8 Å². The van der Waals surface area contributed by atoms with Crippen molar-refractivity contribution >= 4 is 33.7 Å². The largest absolute Gasteiger partial charge is 0.0860 e. The Bertz CT molecular complexity index is 977. The van der Waals surface area contributed by atoms with Crippen molar-refractivity contribution in [2.45, 2.75) is 40.5 Å². The molecule has 0 aliphatic rings. The first-order valence-corrected chi connectivity index (χ1v) is 11.5. The van der Waals surface area contributed by atoms with Crippen molar-refractivity contribution in [1.29, 1.82) is 0 Å². The number of benzene rings is 3. The molecule has 0 atom stereocenters. The van der Waals surface area contributed by atoms with E-state index < -0.39 is 0 Å². The summed E-state index contributed by atoms with van der Waals surface area (Å²) in [7, 11) is 0. The number of halogens is 1. The molecule has 3 rings (SSSR count). The average Bonchev–Trinajstić information content (AvgIpc) is 2.68. The highest BCUT2D eigenvalue weighted by molar-refractivity contribution is 14.1. The first-order chi connectivity index (χ1) is 13.5. The van der Waals surface area contributed by atoms with Crippen molar-refractivity contribution in [2.75, 3.05) is 4.43 Å². The van der Waals surface area contributed by atoms with Crippen LogP contribution in [0.3, 0.4) is 0 Å². The number of allylic oxidation sites excluding steroid dienone is 2. The van der Waals surface area contributed by atoms with E-state index in [4.69, 9.17) is 0 Å². The van der Waals surface area contributed by atoms with E-state index in [0.717, 1.165) is 17.3 Å². The van der Waals surface area contributed by atoms with Crippen LogP contribution in [0.5, 0.6) is 0 Å². The Morgan fingerprint density at radius 2 is 1.43 bits per heavy atom. The van der Waals surface area contributed by atoms with E-state index in [1.807, 2.05) is 0 Å². The summed E-state index contributed by atoms with van der Waals surface area (Å²) in [6, 6.07) is 24.7. The lowest BCUT2D eigenvalue weighted by Crippen LogP contribution is -1.99. The summed E-state index contributed by atoms with van der Waals surface area (Å²) in [5.41, 5.74) is 12.3. The molecule has 0 N–H and O–H groups in total. The second-order valence-corrected chi connectivity index (χ2v) is 8.75. The van der Waals surface area contributed by atoms with E-state index in [9.17, 15) is 0 Å². The molecule has 0 aromatic heterocycles.